The molecule has 0 saturated carbocycles. The summed E-state index contributed by atoms with van der Waals surface area (Å²) in [5.74, 6) is -1.77. The number of aromatic hydroxyl groups is 2. The molecule has 49 heavy (non-hydrogen) atoms. The molecule has 0 aliphatic carbocycles. The van der Waals surface area contributed by atoms with Crippen LogP contribution in [0.4, 0.5) is 0 Å². The minimum absolute atomic E-state index is 0.148. The van der Waals surface area contributed by atoms with E-state index >= 15 is 0 Å². The van der Waals surface area contributed by atoms with Gasteiger partial charge < -0.3 is 14.6 Å². The highest BCUT2D eigenvalue weighted by atomic mass is 16.3. The lowest BCUT2D eigenvalue weighted by Gasteiger charge is -2.20. The summed E-state index contributed by atoms with van der Waals surface area (Å²) in [4.78, 5) is 0. The number of fused-ring (bicyclic) bond motifs is 8. The molecule has 3 heteroatoms. The molecule has 0 atom stereocenters. The van der Waals surface area contributed by atoms with Gasteiger partial charge in [-0.05, 0) is 84.1 Å². The Morgan fingerprint density at radius 3 is 1.78 bits per heavy atom. The number of furan rings is 1. The van der Waals surface area contributed by atoms with Gasteiger partial charge >= 0.3 is 0 Å². The zero-order chi connectivity index (χ0) is 48.3. The van der Waals surface area contributed by atoms with Gasteiger partial charge in [-0.1, -0.05) is 127 Å². The molecular formula is C46H28O3. The standard InChI is InChI=1S/C46H28O3/c47-29-12-9-11-28(24-29)30-22-23-38(33-15-4-3-14-32(30)33)44-34-16-5-7-18-36(34)45(37-19-8-6-17-35(37)44)41-25-40-39-21-20-27-10-1-2-13-31(27)46(39)49-43(40)26-42(41)48/h1-26,47-48H/i1D,2D,3D,4D,9D,10D,11D,12D,13D,14D,15D,20D,21D,22D,23D,24D,25D,26D. The maximum Gasteiger partial charge on any atom is 0.143 e. The van der Waals surface area contributed by atoms with Crippen molar-refractivity contribution >= 4 is 65.0 Å². The van der Waals surface area contributed by atoms with Crippen LogP contribution in [0.1, 0.15) is 24.7 Å². The van der Waals surface area contributed by atoms with Crippen LogP contribution in [0.3, 0.4) is 0 Å². The first-order valence-corrected chi connectivity index (χ1v) is 15.0. The van der Waals surface area contributed by atoms with Gasteiger partial charge in [-0.2, -0.15) is 0 Å². The van der Waals surface area contributed by atoms with Gasteiger partial charge in [0.1, 0.15) is 22.7 Å². The average Bonchev–Trinajstić information content (AvgIpc) is 3.73. The molecule has 0 fully saturated rings. The largest absolute Gasteiger partial charge is 0.508 e. The highest BCUT2D eigenvalue weighted by Crippen LogP contribution is 2.49. The van der Waals surface area contributed by atoms with Gasteiger partial charge in [0.15, 0.2) is 0 Å². The summed E-state index contributed by atoms with van der Waals surface area (Å²) in [6.45, 7) is 0. The Balaban J connectivity index is 1.39. The van der Waals surface area contributed by atoms with Gasteiger partial charge in [0.05, 0.1) is 24.7 Å². The maximum absolute atomic E-state index is 12.1. The molecule has 10 aromatic rings. The quantitative estimate of drug-likeness (QED) is 0.188. The number of rotatable bonds is 3. The summed E-state index contributed by atoms with van der Waals surface area (Å²) >= 11 is 0. The molecule has 0 amide bonds. The van der Waals surface area contributed by atoms with E-state index in [9.17, 15) is 17.1 Å². The Bertz CT molecular complexity index is 3910. The molecule has 0 aliphatic rings. The van der Waals surface area contributed by atoms with Crippen molar-refractivity contribution in [3.8, 4) is 44.9 Å². The van der Waals surface area contributed by atoms with Gasteiger partial charge in [0.2, 0.25) is 0 Å². The second-order valence-electron chi connectivity index (χ2n) is 11.3. The third-order valence-electron chi connectivity index (χ3n) is 8.65. The van der Waals surface area contributed by atoms with Gasteiger partial charge in [-0.25, -0.2) is 0 Å². The highest BCUT2D eigenvalue weighted by molar-refractivity contribution is 6.25. The van der Waals surface area contributed by atoms with E-state index in [4.69, 9.17) is 22.2 Å². The molecule has 0 unspecified atom stereocenters. The summed E-state index contributed by atoms with van der Waals surface area (Å²) < 4.78 is 166. The van der Waals surface area contributed by atoms with Crippen molar-refractivity contribution in [2.24, 2.45) is 0 Å². The van der Waals surface area contributed by atoms with E-state index in [0.29, 0.717) is 0 Å². The van der Waals surface area contributed by atoms with Crippen LogP contribution in [-0.2, 0) is 0 Å². The molecule has 0 saturated heterocycles. The lowest BCUT2D eigenvalue weighted by atomic mass is 9.83. The SMILES string of the molecule is [2H]c1c([2H])c(O)c([2H])c(-c2c([2H])c([2H])c(-c3c4ccccc4c(-c4c(O)c([2H])c5oc6c7c([2H])c([2H])c([2H])c([2H])c7c([2H])c([2H])c6c5c4[2H])c4ccccc34)c3c([2H])c([2H])c([2H])c([2H])c23)c1[2H]. The number of phenolic OH excluding ortho intramolecular Hbond substituents is 2. The molecule has 9 aromatic carbocycles. The molecule has 2 N–H and O–H groups in total. The summed E-state index contributed by atoms with van der Waals surface area (Å²) in [5.41, 5.74) is -1.94. The molecule has 1 heterocycles. The van der Waals surface area contributed by atoms with Crippen molar-refractivity contribution in [3.63, 3.8) is 0 Å². The van der Waals surface area contributed by atoms with Crippen molar-refractivity contribution in [2.75, 3.05) is 0 Å². The summed E-state index contributed by atoms with van der Waals surface area (Å²) in [6, 6.07) is 0.647. The van der Waals surface area contributed by atoms with E-state index in [1.165, 1.54) is 0 Å². The molecule has 0 aliphatic heterocycles. The monoisotopic (exact) mass is 646 g/mol. The Labute approximate surface area is 306 Å². The fourth-order valence-electron chi connectivity index (χ4n) is 6.61. The molecule has 10 rings (SSSR count). The smallest absolute Gasteiger partial charge is 0.143 e. The first-order valence-electron chi connectivity index (χ1n) is 24.0. The first-order chi connectivity index (χ1) is 31.7. The number of benzene rings is 9. The Morgan fingerprint density at radius 2 is 1.06 bits per heavy atom. The molecule has 0 bridgehead atoms. The predicted molar refractivity (Wildman–Crippen MR) is 203 cm³/mol. The van der Waals surface area contributed by atoms with E-state index < -0.39 is 142 Å². The minimum atomic E-state index is -1.01. The van der Waals surface area contributed by atoms with Crippen LogP contribution in [0.25, 0.3) is 98.4 Å². The fraction of sp³-hybridized carbons (Fsp3) is 0. The fourth-order valence-corrected chi connectivity index (χ4v) is 6.61. The molecule has 230 valence electrons. The van der Waals surface area contributed by atoms with E-state index in [-0.39, 0.29) is 76.3 Å². The van der Waals surface area contributed by atoms with Crippen molar-refractivity contribution in [2.45, 2.75) is 0 Å². The zero-order valence-electron chi connectivity index (χ0n) is 42.9. The minimum Gasteiger partial charge on any atom is -0.508 e. The third kappa shape index (κ3) is 4.09. The highest BCUT2D eigenvalue weighted by Gasteiger charge is 2.22. The van der Waals surface area contributed by atoms with Gasteiger partial charge in [-0.15, -0.1) is 0 Å². The van der Waals surface area contributed by atoms with E-state index in [2.05, 4.69) is 0 Å². The van der Waals surface area contributed by atoms with Crippen molar-refractivity contribution < 1.29 is 39.3 Å². The van der Waals surface area contributed by atoms with Crippen molar-refractivity contribution in [1.82, 2.24) is 0 Å². The summed E-state index contributed by atoms with van der Waals surface area (Å²) in [7, 11) is 0. The molecule has 3 nitrogen and oxygen atoms in total. The molecule has 1 aromatic heterocycles. The molecule has 0 spiro atoms. The normalized spacial score (nSPS) is 17.0. The number of hydrogen-bond acceptors (Lipinski definition) is 3. The van der Waals surface area contributed by atoms with Crippen LogP contribution in [0.2, 0.25) is 0 Å². The van der Waals surface area contributed by atoms with Crippen LogP contribution in [0.15, 0.2) is 162 Å². The topological polar surface area (TPSA) is 53.6 Å². The zero-order valence-corrected chi connectivity index (χ0v) is 24.9. The van der Waals surface area contributed by atoms with Crippen molar-refractivity contribution in [1.29, 1.82) is 0 Å². The molecular weight excluding hydrogens is 601 g/mol. The van der Waals surface area contributed by atoms with Crippen LogP contribution in [-0.4, -0.2) is 10.2 Å². The summed E-state index contributed by atoms with van der Waals surface area (Å²) in [5, 5.41) is 22.2. The predicted octanol–water partition coefficient (Wildman–Crippen LogP) is 12.6. The Morgan fingerprint density at radius 1 is 0.449 bits per heavy atom. The first kappa shape index (κ1) is 15.1. The average molecular weight is 647 g/mol. The third-order valence-corrected chi connectivity index (χ3v) is 8.65. The van der Waals surface area contributed by atoms with Crippen LogP contribution >= 0.6 is 0 Å². The number of phenols is 2. The van der Waals surface area contributed by atoms with E-state index in [0.717, 1.165) is 0 Å². The van der Waals surface area contributed by atoms with Gasteiger partial charge in [0, 0.05) is 33.3 Å². The Hall–Kier alpha value is -6.58. The van der Waals surface area contributed by atoms with Crippen molar-refractivity contribution in [3.05, 3.63) is 157 Å². The van der Waals surface area contributed by atoms with Crippen LogP contribution in [0.5, 0.6) is 11.5 Å². The van der Waals surface area contributed by atoms with Gasteiger partial charge in [-0.3, -0.25) is 0 Å². The second kappa shape index (κ2) is 10.5. The van der Waals surface area contributed by atoms with Crippen LogP contribution < -0.4 is 0 Å². The van der Waals surface area contributed by atoms with Gasteiger partial charge in [0.25, 0.3) is 0 Å². The lowest BCUT2D eigenvalue weighted by molar-refractivity contribution is 0.475. The Kier molecular flexibility index (Phi) is 3.22. The second-order valence-corrected chi connectivity index (χ2v) is 11.3. The lowest BCUT2D eigenvalue weighted by Crippen LogP contribution is -1.93. The number of hydrogen-bond donors (Lipinski definition) is 2. The van der Waals surface area contributed by atoms with E-state index in [1.54, 1.807) is 48.5 Å². The van der Waals surface area contributed by atoms with Crippen LogP contribution in [0, 0.1) is 0 Å². The molecule has 0 radical (unpaired) electrons. The van der Waals surface area contributed by atoms with E-state index in [1.807, 2.05) is 0 Å². The summed E-state index contributed by atoms with van der Waals surface area (Å²) in [6.07, 6.45) is 0. The maximum atomic E-state index is 12.1.